The monoisotopic (exact) mass is 368 g/mol. The topological polar surface area (TPSA) is 56.5 Å². The Morgan fingerprint density at radius 3 is 2.69 bits per heavy atom. The lowest BCUT2D eigenvalue weighted by Crippen LogP contribution is -2.07. The fourth-order valence-corrected chi connectivity index (χ4v) is 4.61. The molecule has 4 rings (SSSR count). The van der Waals surface area contributed by atoms with Crippen LogP contribution in [0.3, 0.4) is 0 Å². The molecule has 1 aliphatic carbocycles. The van der Waals surface area contributed by atoms with Gasteiger partial charge >= 0.3 is 11.6 Å². The van der Waals surface area contributed by atoms with Crippen molar-refractivity contribution in [3.8, 4) is 0 Å². The molecule has 0 saturated heterocycles. The molecule has 0 aliphatic heterocycles. The first kappa shape index (κ1) is 17.0. The maximum absolute atomic E-state index is 12.4. The van der Waals surface area contributed by atoms with Crippen LogP contribution in [0.25, 0.3) is 11.0 Å². The van der Waals surface area contributed by atoms with Crippen molar-refractivity contribution in [3.63, 3.8) is 0 Å². The minimum absolute atomic E-state index is 0.0676. The summed E-state index contributed by atoms with van der Waals surface area (Å²) in [5.74, 6) is -0.347. The van der Waals surface area contributed by atoms with E-state index in [1.165, 1.54) is 33.4 Å². The highest BCUT2D eigenvalue weighted by Crippen LogP contribution is 2.29. The van der Waals surface area contributed by atoms with Crippen molar-refractivity contribution < 1.29 is 13.9 Å². The molecule has 1 aliphatic rings. The summed E-state index contributed by atoms with van der Waals surface area (Å²) < 4.78 is 10.9. The predicted octanol–water partition coefficient (Wildman–Crippen LogP) is 4.57. The van der Waals surface area contributed by atoms with Crippen molar-refractivity contribution in [1.82, 2.24) is 0 Å². The van der Waals surface area contributed by atoms with E-state index in [1.54, 1.807) is 0 Å². The van der Waals surface area contributed by atoms with Crippen LogP contribution in [0.1, 0.15) is 50.1 Å². The van der Waals surface area contributed by atoms with Crippen LogP contribution in [0.4, 0.5) is 0 Å². The first-order valence-corrected chi connectivity index (χ1v) is 9.71. The molecule has 0 spiro atoms. The van der Waals surface area contributed by atoms with Gasteiger partial charge in [0.1, 0.15) is 17.1 Å². The molecule has 134 valence electrons. The van der Waals surface area contributed by atoms with E-state index in [0.29, 0.717) is 16.0 Å². The Labute approximate surface area is 155 Å². The van der Waals surface area contributed by atoms with Crippen molar-refractivity contribution in [2.45, 2.75) is 46.1 Å². The molecule has 0 bridgehead atoms. The first-order chi connectivity index (χ1) is 12.5. The van der Waals surface area contributed by atoms with Gasteiger partial charge in [-0.15, -0.1) is 11.3 Å². The summed E-state index contributed by atoms with van der Waals surface area (Å²) >= 11 is 1.47. The Morgan fingerprint density at radius 2 is 1.96 bits per heavy atom. The van der Waals surface area contributed by atoms with Crippen molar-refractivity contribution in [1.29, 1.82) is 0 Å². The van der Waals surface area contributed by atoms with Gasteiger partial charge in [-0.05, 0) is 67.5 Å². The molecule has 3 aromatic rings. The molecule has 26 heavy (non-hydrogen) atoms. The van der Waals surface area contributed by atoms with E-state index in [2.05, 4.69) is 13.0 Å². The van der Waals surface area contributed by atoms with Crippen molar-refractivity contribution in [2.75, 3.05) is 0 Å². The van der Waals surface area contributed by atoms with Crippen molar-refractivity contribution in [2.24, 2.45) is 0 Å². The van der Waals surface area contributed by atoms with Gasteiger partial charge in [-0.3, -0.25) is 0 Å². The van der Waals surface area contributed by atoms with E-state index < -0.39 is 5.63 Å². The van der Waals surface area contributed by atoms with Gasteiger partial charge in [0, 0.05) is 21.9 Å². The van der Waals surface area contributed by atoms with E-state index in [9.17, 15) is 9.59 Å². The Kier molecular flexibility index (Phi) is 4.41. The molecule has 0 saturated carbocycles. The van der Waals surface area contributed by atoms with Crippen LogP contribution in [0.5, 0.6) is 0 Å². The Bertz CT molecular complexity index is 1060. The molecule has 0 fully saturated rings. The smallest absolute Gasteiger partial charge is 0.348 e. The molecule has 4 nitrogen and oxygen atoms in total. The van der Waals surface area contributed by atoms with Crippen LogP contribution >= 0.6 is 11.3 Å². The average Bonchev–Trinajstić information content (AvgIpc) is 3.23. The van der Waals surface area contributed by atoms with Gasteiger partial charge < -0.3 is 9.15 Å². The molecule has 0 atom stereocenters. The lowest BCUT2D eigenvalue weighted by atomic mass is 10.0. The number of fused-ring (bicyclic) bond motifs is 2. The number of carbonyl (C=O) groups is 1. The second kappa shape index (κ2) is 6.72. The lowest BCUT2D eigenvalue weighted by Gasteiger charge is -2.08. The first-order valence-electron chi connectivity index (χ1n) is 8.90. The highest BCUT2D eigenvalue weighted by atomic mass is 32.1. The summed E-state index contributed by atoms with van der Waals surface area (Å²) in [7, 11) is 0. The molecule has 0 unspecified atom stereocenters. The third-order valence-corrected chi connectivity index (χ3v) is 6.31. The second-order valence-electron chi connectivity index (χ2n) is 6.71. The number of hydrogen-bond donors (Lipinski definition) is 0. The standard InChI is InChI=1S/C21H20O4S/c1-3-18-12(2)7-19(26-18)21(23)24-11-15-10-20(22)25-17-9-14-6-4-5-13(14)8-16(15)17/h7-10H,3-6,11H2,1-2H3. The highest BCUT2D eigenvalue weighted by molar-refractivity contribution is 7.14. The van der Waals surface area contributed by atoms with Crippen LogP contribution in [-0.2, 0) is 30.6 Å². The third kappa shape index (κ3) is 3.07. The Morgan fingerprint density at radius 1 is 1.19 bits per heavy atom. The molecule has 1 aromatic carbocycles. The predicted molar refractivity (Wildman–Crippen MR) is 102 cm³/mol. The average molecular weight is 368 g/mol. The fourth-order valence-electron chi connectivity index (χ4n) is 3.60. The minimum atomic E-state index is -0.415. The van der Waals surface area contributed by atoms with Crippen LogP contribution < -0.4 is 5.63 Å². The fraction of sp³-hybridized carbons (Fsp3) is 0.333. The van der Waals surface area contributed by atoms with Gasteiger partial charge in [0.2, 0.25) is 0 Å². The minimum Gasteiger partial charge on any atom is -0.457 e. The quantitative estimate of drug-likeness (QED) is 0.500. The maximum Gasteiger partial charge on any atom is 0.348 e. The van der Waals surface area contributed by atoms with E-state index in [4.69, 9.17) is 9.15 Å². The largest absolute Gasteiger partial charge is 0.457 e. The lowest BCUT2D eigenvalue weighted by molar-refractivity contribution is 0.0479. The highest BCUT2D eigenvalue weighted by Gasteiger charge is 2.17. The number of thiophene rings is 1. The van der Waals surface area contributed by atoms with Gasteiger partial charge in [-0.1, -0.05) is 6.92 Å². The number of rotatable bonds is 4. The third-order valence-electron chi connectivity index (χ3n) is 4.94. The summed E-state index contributed by atoms with van der Waals surface area (Å²) in [6.07, 6.45) is 4.08. The second-order valence-corrected chi connectivity index (χ2v) is 7.84. The Hall–Kier alpha value is -2.40. The molecule has 2 heterocycles. The van der Waals surface area contributed by atoms with E-state index in [0.717, 1.165) is 36.6 Å². The molecule has 0 amide bonds. The van der Waals surface area contributed by atoms with E-state index in [-0.39, 0.29) is 12.6 Å². The number of benzene rings is 1. The summed E-state index contributed by atoms with van der Waals surface area (Å²) in [5, 5.41) is 0.856. The van der Waals surface area contributed by atoms with Gasteiger partial charge in [-0.25, -0.2) is 9.59 Å². The van der Waals surface area contributed by atoms with Gasteiger partial charge in [0.25, 0.3) is 0 Å². The molecule has 2 aromatic heterocycles. The van der Waals surface area contributed by atoms with Gasteiger partial charge in [0.05, 0.1) is 0 Å². The SMILES string of the molecule is CCc1sc(C(=O)OCc2cc(=O)oc3cc4c(cc23)CCC4)cc1C. The van der Waals surface area contributed by atoms with Crippen LogP contribution in [-0.4, -0.2) is 5.97 Å². The zero-order valence-electron chi connectivity index (χ0n) is 14.9. The van der Waals surface area contributed by atoms with E-state index >= 15 is 0 Å². The van der Waals surface area contributed by atoms with Crippen molar-refractivity contribution in [3.05, 3.63) is 66.7 Å². The summed E-state index contributed by atoms with van der Waals surface area (Å²) in [5.41, 5.74) is 4.51. The summed E-state index contributed by atoms with van der Waals surface area (Å²) in [4.78, 5) is 26.1. The zero-order chi connectivity index (χ0) is 18.3. The maximum atomic E-state index is 12.4. The molecular formula is C21H20O4S. The van der Waals surface area contributed by atoms with Gasteiger partial charge in [0.15, 0.2) is 0 Å². The Balaban J connectivity index is 1.62. The van der Waals surface area contributed by atoms with Crippen LogP contribution in [0.2, 0.25) is 0 Å². The molecule has 5 heteroatoms. The van der Waals surface area contributed by atoms with Crippen LogP contribution in [0.15, 0.2) is 33.5 Å². The van der Waals surface area contributed by atoms with Crippen LogP contribution in [0, 0.1) is 6.92 Å². The number of carbonyl (C=O) groups excluding carboxylic acids is 1. The van der Waals surface area contributed by atoms with Crippen molar-refractivity contribution >= 4 is 28.3 Å². The number of hydrogen-bond acceptors (Lipinski definition) is 5. The number of aryl methyl sites for hydroxylation is 4. The zero-order valence-corrected chi connectivity index (χ0v) is 15.7. The van der Waals surface area contributed by atoms with Gasteiger partial charge in [-0.2, -0.15) is 0 Å². The summed E-state index contributed by atoms with van der Waals surface area (Å²) in [6.45, 7) is 4.14. The van der Waals surface area contributed by atoms with E-state index in [1.807, 2.05) is 19.1 Å². The molecular weight excluding hydrogens is 348 g/mol. The summed E-state index contributed by atoms with van der Waals surface area (Å²) in [6, 6.07) is 7.33. The molecule has 0 radical (unpaired) electrons. The number of ether oxygens (including phenoxy) is 1. The number of esters is 1. The molecule has 0 N–H and O–H groups in total. The normalized spacial score (nSPS) is 13.2.